The van der Waals surface area contributed by atoms with Crippen molar-refractivity contribution in [3.63, 3.8) is 0 Å². The summed E-state index contributed by atoms with van der Waals surface area (Å²) < 4.78 is 110. The van der Waals surface area contributed by atoms with Gasteiger partial charge < -0.3 is 13.8 Å². The lowest BCUT2D eigenvalue weighted by Crippen LogP contribution is -2.15. The molecule has 0 amide bonds. The quantitative estimate of drug-likeness (QED) is 0.164. The number of rotatable bonds is 7. The van der Waals surface area contributed by atoms with Gasteiger partial charge in [-0.05, 0) is 78.9 Å². The van der Waals surface area contributed by atoms with Crippen molar-refractivity contribution < 1.29 is 44.7 Å². The van der Waals surface area contributed by atoms with Gasteiger partial charge in [-0.25, -0.2) is 4.57 Å². The highest BCUT2D eigenvalue weighted by Gasteiger charge is 2.36. The third kappa shape index (κ3) is 6.82. The number of alkyl halides is 6. The Morgan fingerprint density at radius 1 is 0.579 bits per heavy atom. The van der Waals surface area contributed by atoms with Crippen molar-refractivity contribution in [2.75, 3.05) is 0 Å². The Morgan fingerprint density at radius 3 is 1.53 bits per heavy atom. The first-order chi connectivity index (χ1) is 17.8. The van der Waals surface area contributed by atoms with E-state index in [2.05, 4.69) is 0 Å². The topological polar surface area (TPSA) is 44.8 Å². The molecule has 0 spiro atoms. The van der Waals surface area contributed by atoms with Crippen LogP contribution in [0.1, 0.15) is 11.1 Å². The van der Waals surface area contributed by atoms with Crippen LogP contribution in [0.5, 0.6) is 23.0 Å². The molecule has 0 heterocycles. The van der Waals surface area contributed by atoms with Crippen molar-refractivity contribution in [2.24, 2.45) is 0 Å². The first-order valence-corrected chi connectivity index (χ1v) is 12.6. The van der Waals surface area contributed by atoms with Gasteiger partial charge in [0.05, 0.1) is 16.4 Å². The first kappa shape index (κ1) is 27.4. The molecule has 198 valence electrons. The van der Waals surface area contributed by atoms with Crippen LogP contribution in [0.25, 0.3) is 0 Å². The Morgan fingerprint density at radius 2 is 1.05 bits per heavy atom. The van der Waals surface area contributed by atoms with Gasteiger partial charge in [0.2, 0.25) is 0 Å². The summed E-state index contributed by atoms with van der Waals surface area (Å²) in [6.07, 6.45) is -9.44. The van der Waals surface area contributed by atoms with Crippen LogP contribution in [-0.2, 0) is 16.9 Å². The van der Waals surface area contributed by atoms with Crippen LogP contribution < -0.4 is 19.1 Å². The van der Waals surface area contributed by atoms with E-state index < -0.39 is 42.6 Å². The average Bonchev–Trinajstić information content (AvgIpc) is 2.84. The number of hydrogen-bond donors (Lipinski definition) is 0. The molecule has 4 rings (SSSR count). The van der Waals surface area contributed by atoms with Crippen LogP contribution in [0.4, 0.5) is 26.3 Å². The van der Waals surface area contributed by atoms with Gasteiger partial charge in [0.1, 0.15) is 23.0 Å². The van der Waals surface area contributed by atoms with Crippen LogP contribution in [0, 0.1) is 0 Å². The third-order valence-electron chi connectivity index (χ3n) is 4.96. The molecule has 4 aromatic rings. The zero-order valence-electron chi connectivity index (χ0n) is 19.0. The van der Waals surface area contributed by atoms with Crippen molar-refractivity contribution >= 4 is 24.5 Å². The predicted octanol–water partition coefficient (Wildman–Crippen LogP) is 9.15. The molecule has 4 aromatic carbocycles. The van der Waals surface area contributed by atoms with Gasteiger partial charge in [-0.15, -0.1) is 0 Å². The molecule has 0 N–H and O–H groups in total. The number of halogens is 7. The molecule has 0 aliphatic heterocycles. The lowest BCUT2D eigenvalue weighted by Gasteiger charge is -2.21. The van der Waals surface area contributed by atoms with Crippen LogP contribution in [0.15, 0.2) is 97.1 Å². The molecule has 0 atom stereocenters. The van der Waals surface area contributed by atoms with E-state index in [-0.39, 0.29) is 11.1 Å². The molecule has 0 saturated heterocycles. The second kappa shape index (κ2) is 10.6. The summed E-state index contributed by atoms with van der Waals surface area (Å²) in [5.41, 5.74) is -2.16. The zero-order valence-corrected chi connectivity index (χ0v) is 20.6. The summed E-state index contributed by atoms with van der Waals surface area (Å²) in [6, 6.07) is 18.9. The number of benzene rings is 4. The minimum atomic E-state index is -4.72. The molecule has 0 bridgehead atoms. The van der Waals surface area contributed by atoms with Crippen LogP contribution >= 0.6 is 19.2 Å². The maximum absolute atomic E-state index is 13.9. The normalized spacial score (nSPS) is 12.2. The molecular weight excluding hydrogens is 557 g/mol. The molecule has 0 unspecified atom stereocenters. The summed E-state index contributed by atoms with van der Waals surface area (Å²) in [7, 11) is -4.58. The highest BCUT2D eigenvalue weighted by molar-refractivity contribution is 7.63. The predicted molar refractivity (Wildman–Crippen MR) is 129 cm³/mol. The summed E-state index contributed by atoms with van der Waals surface area (Å²) in [6.45, 7) is 0. The Kier molecular flexibility index (Phi) is 7.67. The van der Waals surface area contributed by atoms with Crippen LogP contribution in [0.3, 0.4) is 0 Å². The van der Waals surface area contributed by atoms with Crippen molar-refractivity contribution in [2.45, 2.75) is 12.4 Å². The van der Waals surface area contributed by atoms with E-state index in [1.165, 1.54) is 24.3 Å². The Hall–Kier alpha value is -3.62. The summed E-state index contributed by atoms with van der Waals surface area (Å²) in [4.78, 5) is 0. The maximum Gasteiger partial charge on any atom is 0.462 e. The Labute approximate surface area is 217 Å². The molecule has 0 aliphatic rings. The minimum absolute atomic E-state index is 0.147. The Balaban J connectivity index is 1.70. The molecule has 0 fully saturated rings. The van der Waals surface area contributed by atoms with E-state index in [0.29, 0.717) is 22.9 Å². The van der Waals surface area contributed by atoms with Crippen molar-refractivity contribution in [3.8, 4) is 23.0 Å². The monoisotopic (exact) mass is 572 g/mol. The third-order valence-corrected chi connectivity index (χ3v) is 7.03. The second-order valence-electron chi connectivity index (χ2n) is 7.78. The van der Waals surface area contributed by atoms with Gasteiger partial charge in [0.15, 0.2) is 0 Å². The molecular formula is C26H16ClF6O4P. The second-order valence-corrected chi connectivity index (χ2v) is 10.1. The van der Waals surface area contributed by atoms with Crippen LogP contribution in [-0.4, -0.2) is 0 Å². The SMILES string of the molecule is O=P(Oc1cccc(C(F)(F)F)c1)(Oc1cccc(C(F)(F)F)c1)c1ccc(Oc2cccc(Cl)c2)cc1. The largest absolute Gasteiger partial charge is 0.462 e. The van der Waals surface area contributed by atoms with Gasteiger partial charge in [-0.2, -0.15) is 26.3 Å². The zero-order chi connectivity index (χ0) is 27.6. The lowest BCUT2D eigenvalue weighted by atomic mass is 10.2. The minimum Gasteiger partial charge on any atom is -0.457 e. The van der Waals surface area contributed by atoms with Crippen molar-refractivity contribution in [1.29, 1.82) is 0 Å². The molecule has 0 aromatic heterocycles. The van der Waals surface area contributed by atoms with Crippen molar-refractivity contribution in [3.05, 3.63) is 113 Å². The first-order valence-electron chi connectivity index (χ1n) is 10.7. The van der Waals surface area contributed by atoms with Gasteiger partial charge >= 0.3 is 19.9 Å². The fraction of sp³-hybridized carbons (Fsp3) is 0.0769. The molecule has 0 saturated carbocycles. The van der Waals surface area contributed by atoms with E-state index in [9.17, 15) is 30.9 Å². The number of hydrogen-bond acceptors (Lipinski definition) is 4. The molecule has 38 heavy (non-hydrogen) atoms. The van der Waals surface area contributed by atoms with Crippen molar-refractivity contribution in [1.82, 2.24) is 0 Å². The highest BCUT2D eigenvalue weighted by Crippen LogP contribution is 2.49. The van der Waals surface area contributed by atoms with E-state index in [4.69, 9.17) is 25.4 Å². The Bertz CT molecular complexity index is 1410. The highest BCUT2D eigenvalue weighted by atomic mass is 35.5. The summed E-state index contributed by atoms with van der Waals surface area (Å²) >= 11 is 5.94. The van der Waals surface area contributed by atoms with E-state index >= 15 is 0 Å². The fourth-order valence-corrected chi connectivity index (χ4v) is 4.95. The van der Waals surface area contributed by atoms with Crippen LogP contribution in [0.2, 0.25) is 5.02 Å². The standard InChI is InChI=1S/C26H16ClF6O4P/c27-19-6-3-7-21(16-19)35-20-10-12-24(13-11-20)38(34,36-22-8-1-4-17(14-22)25(28,29)30)37-23-9-2-5-18(15-23)26(31,32)33/h1-16H. The summed E-state index contributed by atoms with van der Waals surface area (Å²) in [5.74, 6) is -0.252. The number of ether oxygens (including phenoxy) is 1. The van der Waals surface area contributed by atoms with Gasteiger partial charge in [-0.3, -0.25) is 0 Å². The molecule has 4 nitrogen and oxygen atoms in total. The van der Waals surface area contributed by atoms with Gasteiger partial charge in [-0.1, -0.05) is 29.8 Å². The average molecular weight is 573 g/mol. The van der Waals surface area contributed by atoms with E-state index in [0.717, 1.165) is 36.4 Å². The maximum atomic E-state index is 13.9. The van der Waals surface area contributed by atoms with Gasteiger partial charge in [0, 0.05) is 5.02 Å². The molecule has 0 radical (unpaired) electrons. The lowest BCUT2D eigenvalue weighted by molar-refractivity contribution is -0.138. The smallest absolute Gasteiger partial charge is 0.457 e. The molecule has 0 aliphatic carbocycles. The van der Waals surface area contributed by atoms with Gasteiger partial charge in [0.25, 0.3) is 0 Å². The van der Waals surface area contributed by atoms with E-state index in [1.54, 1.807) is 24.3 Å². The molecule has 12 heteroatoms. The van der Waals surface area contributed by atoms with E-state index in [1.807, 2.05) is 0 Å². The summed E-state index contributed by atoms with van der Waals surface area (Å²) in [5, 5.41) is 0.276. The fourth-order valence-electron chi connectivity index (χ4n) is 3.22.